The number of fused-ring (bicyclic) bond motifs is 1. The highest BCUT2D eigenvalue weighted by Crippen LogP contribution is 2.22. The summed E-state index contributed by atoms with van der Waals surface area (Å²) in [5.41, 5.74) is 4.01. The van der Waals surface area contributed by atoms with Gasteiger partial charge in [0.1, 0.15) is 0 Å². The highest BCUT2D eigenvalue weighted by molar-refractivity contribution is 5.99. The van der Waals surface area contributed by atoms with Gasteiger partial charge in [0.05, 0.1) is 0 Å². The summed E-state index contributed by atoms with van der Waals surface area (Å²) in [6.45, 7) is 4.66. The SMILES string of the molecule is Cc1[nH]c2ccc(C(=O)NCCCO)cc2c1C. The Morgan fingerprint density at radius 3 is 2.89 bits per heavy atom. The molecule has 0 spiro atoms. The molecule has 0 unspecified atom stereocenters. The number of aliphatic hydroxyl groups excluding tert-OH is 1. The van der Waals surface area contributed by atoms with Crippen molar-refractivity contribution in [2.24, 2.45) is 0 Å². The predicted octanol–water partition coefficient (Wildman–Crippen LogP) is 1.90. The Balaban J connectivity index is 2.24. The molecule has 0 aliphatic carbocycles. The third-order valence-corrected chi connectivity index (χ3v) is 3.19. The van der Waals surface area contributed by atoms with E-state index >= 15 is 0 Å². The van der Waals surface area contributed by atoms with Crippen molar-refractivity contribution >= 4 is 16.8 Å². The Kier molecular flexibility index (Phi) is 3.67. The number of benzene rings is 1. The second-order valence-corrected chi connectivity index (χ2v) is 4.47. The van der Waals surface area contributed by atoms with Crippen LogP contribution in [0.3, 0.4) is 0 Å². The number of carbonyl (C=O) groups is 1. The van der Waals surface area contributed by atoms with Crippen molar-refractivity contribution in [3.63, 3.8) is 0 Å². The summed E-state index contributed by atoms with van der Waals surface area (Å²) >= 11 is 0. The summed E-state index contributed by atoms with van der Waals surface area (Å²) in [6, 6.07) is 5.64. The maximum Gasteiger partial charge on any atom is 0.251 e. The number of nitrogens with one attached hydrogen (secondary N) is 2. The predicted molar refractivity (Wildman–Crippen MR) is 71.8 cm³/mol. The molecule has 1 aromatic carbocycles. The lowest BCUT2D eigenvalue weighted by Crippen LogP contribution is -2.24. The van der Waals surface area contributed by atoms with Crippen LogP contribution < -0.4 is 5.32 Å². The van der Waals surface area contributed by atoms with Crippen molar-refractivity contribution in [2.75, 3.05) is 13.2 Å². The number of carbonyl (C=O) groups excluding carboxylic acids is 1. The van der Waals surface area contributed by atoms with Gasteiger partial charge in [-0.2, -0.15) is 0 Å². The molecule has 0 fully saturated rings. The highest BCUT2D eigenvalue weighted by atomic mass is 16.3. The molecule has 0 radical (unpaired) electrons. The molecule has 1 heterocycles. The molecule has 4 heteroatoms. The minimum atomic E-state index is -0.0939. The zero-order valence-corrected chi connectivity index (χ0v) is 10.7. The van der Waals surface area contributed by atoms with Gasteiger partial charge in [-0.1, -0.05) is 0 Å². The molecule has 0 aliphatic rings. The first kappa shape index (κ1) is 12.6. The minimum Gasteiger partial charge on any atom is -0.396 e. The Bertz CT molecular complexity index is 572. The fourth-order valence-corrected chi connectivity index (χ4v) is 1.99. The lowest BCUT2D eigenvalue weighted by Gasteiger charge is -2.04. The lowest BCUT2D eigenvalue weighted by molar-refractivity contribution is 0.0951. The molecule has 0 atom stereocenters. The summed E-state index contributed by atoms with van der Waals surface area (Å²) < 4.78 is 0. The zero-order valence-electron chi connectivity index (χ0n) is 10.7. The molecule has 0 bridgehead atoms. The van der Waals surface area contributed by atoms with Gasteiger partial charge in [0.15, 0.2) is 0 Å². The number of H-pyrrole nitrogens is 1. The van der Waals surface area contributed by atoms with Gasteiger partial charge in [0.2, 0.25) is 0 Å². The molecule has 0 saturated carbocycles. The van der Waals surface area contributed by atoms with Gasteiger partial charge in [-0.15, -0.1) is 0 Å². The van der Waals surface area contributed by atoms with Gasteiger partial charge >= 0.3 is 0 Å². The Labute approximate surface area is 106 Å². The summed E-state index contributed by atoms with van der Waals surface area (Å²) in [5.74, 6) is -0.0939. The summed E-state index contributed by atoms with van der Waals surface area (Å²) in [7, 11) is 0. The summed E-state index contributed by atoms with van der Waals surface area (Å²) in [4.78, 5) is 15.2. The maximum absolute atomic E-state index is 11.9. The van der Waals surface area contributed by atoms with E-state index in [1.165, 1.54) is 5.56 Å². The Morgan fingerprint density at radius 2 is 2.17 bits per heavy atom. The lowest BCUT2D eigenvalue weighted by atomic mass is 10.1. The molecule has 3 N–H and O–H groups in total. The van der Waals surface area contributed by atoms with Crippen LogP contribution in [-0.2, 0) is 0 Å². The monoisotopic (exact) mass is 246 g/mol. The van der Waals surface area contributed by atoms with E-state index in [-0.39, 0.29) is 12.5 Å². The van der Waals surface area contributed by atoms with E-state index in [4.69, 9.17) is 5.11 Å². The number of aromatic nitrogens is 1. The molecule has 18 heavy (non-hydrogen) atoms. The number of aromatic amines is 1. The van der Waals surface area contributed by atoms with E-state index in [2.05, 4.69) is 10.3 Å². The average molecular weight is 246 g/mol. The van der Waals surface area contributed by atoms with Crippen molar-refractivity contribution in [1.82, 2.24) is 10.3 Å². The number of rotatable bonds is 4. The van der Waals surface area contributed by atoms with Crippen LogP contribution in [-0.4, -0.2) is 29.1 Å². The summed E-state index contributed by atoms with van der Waals surface area (Å²) in [5, 5.41) is 12.5. The van der Waals surface area contributed by atoms with Crippen LogP contribution in [0.1, 0.15) is 28.0 Å². The second kappa shape index (κ2) is 5.23. The van der Waals surface area contributed by atoms with Gasteiger partial charge < -0.3 is 15.4 Å². The first-order valence-corrected chi connectivity index (χ1v) is 6.11. The first-order chi connectivity index (χ1) is 8.63. The van der Waals surface area contributed by atoms with Crippen molar-refractivity contribution < 1.29 is 9.90 Å². The fourth-order valence-electron chi connectivity index (χ4n) is 1.99. The Morgan fingerprint density at radius 1 is 1.39 bits per heavy atom. The molecule has 0 aliphatic heterocycles. The normalized spacial score (nSPS) is 10.8. The van der Waals surface area contributed by atoms with E-state index in [0.717, 1.165) is 16.6 Å². The highest BCUT2D eigenvalue weighted by Gasteiger charge is 2.09. The molecule has 96 valence electrons. The molecule has 0 saturated heterocycles. The van der Waals surface area contributed by atoms with Gasteiger partial charge in [-0.25, -0.2) is 0 Å². The van der Waals surface area contributed by atoms with Crippen molar-refractivity contribution in [1.29, 1.82) is 0 Å². The van der Waals surface area contributed by atoms with Gasteiger partial charge in [-0.05, 0) is 44.0 Å². The number of aliphatic hydroxyl groups is 1. The van der Waals surface area contributed by atoms with E-state index < -0.39 is 0 Å². The number of amides is 1. The minimum absolute atomic E-state index is 0.0927. The van der Waals surface area contributed by atoms with Crippen LogP contribution in [0.2, 0.25) is 0 Å². The molecule has 4 nitrogen and oxygen atoms in total. The van der Waals surface area contributed by atoms with E-state index in [1.54, 1.807) is 0 Å². The van der Waals surface area contributed by atoms with Gasteiger partial charge in [0, 0.05) is 35.3 Å². The molecule has 2 aromatic rings. The maximum atomic E-state index is 11.9. The van der Waals surface area contributed by atoms with E-state index in [9.17, 15) is 4.79 Å². The van der Waals surface area contributed by atoms with Crippen LogP contribution in [0.25, 0.3) is 10.9 Å². The molecule has 1 aromatic heterocycles. The topological polar surface area (TPSA) is 65.1 Å². The van der Waals surface area contributed by atoms with Crippen molar-refractivity contribution in [3.8, 4) is 0 Å². The summed E-state index contributed by atoms with van der Waals surface area (Å²) in [6.07, 6.45) is 0.580. The standard InChI is InChI=1S/C14H18N2O2/c1-9-10(2)16-13-5-4-11(8-12(9)13)14(18)15-6-3-7-17/h4-5,8,16-17H,3,6-7H2,1-2H3,(H,15,18). The van der Waals surface area contributed by atoms with Crippen LogP contribution in [0.15, 0.2) is 18.2 Å². The van der Waals surface area contributed by atoms with Gasteiger partial charge in [0.25, 0.3) is 5.91 Å². The first-order valence-electron chi connectivity index (χ1n) is 6.11. The molecular weight excluding hydrogens is 228 g/mol. The Hall–Kier alpha value is -1.81. The molecular formula is C14H18N2O2. The quantitative estimate of drug-likeness (QED) is 0.721. The third kappa shape index (κ3) is 2.38. The van der Waals surface area contributed by atoms with E-state index in [0.29, 0.717) is 18.5 Å². The third-order valence-electron chi connectivity index (χ3n) is 3.19. The average Bonchev–Trinajstić information content (AvgIpc) is 2.65. The van der Waals surface area contributed by atoms with Gasteiger partial charge in [-0.3, -0.25) is 4.79 Å². The largest absolute Gasteiger partial charge is 0.396 e. The fraction of sp³-hybridized carbons (Fsp3) is 0.357. The van der Waals surface area contributed by atoms with Crippen LogP contribution in [0.4, 0.5) is 0 Å². The number of aryl methyl sites for hydroxylation is 2. The van der Waals surface area contributed by atoms with Crippen molar-refractivity contribution in [3.05, 3.63) is 35.0 Å². The van der Waals surface area contributed by atoms with Crippen LogP contribution >= 0.6 is 0 Å². The second-order valence-electron chi connectivity index (χ2n) is 4.47. The van der Waals surface area contributed by atoms with Crippen molar-refractivity contribution in [2.45, 2.75) is 20.3 Å². The molecule has 2 rings (SSSR count). The van der Waals surface area contributed by atoms with Crippen LogP contribution in [0, 0.1) is 13.8 Å². The zero-order chi connectivity index (χ0) is 13.1. The smallest absolute Gasteiger partial charge is 0.251 e. The number of hydrogen-bond acceptors (Lipinski definition) is 2. The number of hydrogen-bond donors (Lipinski definition) is 3. The van der Waals surface area contributed by atoms with E-state index in [1.807, 2.05) is 32.0 Å². The van der Waals surface area contributed by atoms with Crippen LogP contribution in [0.5, 0.6) is 0 Å². The molecule has 1 amide bonds.